The molecule has 28 aromatic rings. The number of rotatable bonds is 4. The molecule has 564 valence electrons. The Morgan fingerprint density at radius 1 is 0.200 bits per heavy atom. The summed E-state index contributed by atoms with van der Waals surface area (Å²) in [6, 6.07) is 100. The first-order valence-corrected chi connectivity index (χ1v) is 42.9. The summed E-state index contributed by atoms with van der Waals surface area (Å²) < 4.78 is 19.9. The van der Waals surface area contributed by atoms with E-state index in [9.17, 15) is 0 Å². The van der Waals surface area contributed by atoms with Crippen molar-refractivity contribution < 1.29 is 0 Å². The molecule has 0 N–H and O–H groups in total. The first kappa shape index (κ1) is 66.6. The highest BCUT2D eigenvalue weighted by Gasteiger charge is 2.29. The third-order valence-electron chi connectivity index (χ3n) is 26.3. The van der Waals surface area contributed by atoms with E-state index in [2.05, 4.69) is 346 Å². The minimum atomic E-state index is -0.0738. The smallest absolute Gasteiger partial charge is 0.0724 e. The fourth-order valence-electron chi connectivity index (χ4n) is 21.8. The van der Waals surface area contributed by atoms with Gasteiger partial charge in [-0.15, -0.1) is 22.7 Å². The molecule has 0 spiro atoms. The number of fused-ring (bicyclic) bond motifs is 28. The number of hydrogen-bond donors (Lipinski definition) is 0. The van der Waals surface area contributed by atoms with Crippen LogP contribution in [0.25, 0.3) is 259 Å². The molecule has 0 saturated heterocycles. The predicted molar refractivity (Wildman–Crippen MR) is 511 cm³/mol. The molecule has 0 saturated carbocycles. The SMILES string of the molecule is CC(C)(C)n1c2ccccc2c2cc(-n3c4cnccc4c4c5ccc6cc7c(c8ccc(cc43)c5c68)c3ccncc3n7-c3ccc4c(c3)c3ccccc3n4C(C)(C)C)ccc21.c1ccc2c(c1)sc1cc(-n3c4cnccc4c4c5ccc6cc7c(c8ccc(cc43)c5c68)c3ccncc3n7-c3ccc4c(c3)sc3ccccc34)ccc12. The van der Waals surface area contributed by atoms with Gasteiger partial charge in [0.05, 0.1) is 68.9 Å². The molecular formula is C108H70N10S2. The van der Waals surface area contributed by atoms with Gasteiger partial charge in [0.25, 0.3) is 0 Å². The summed E-state index contributed by atoms with van der Waals surface area (Å²) in [4.78, 5) is 18.7. The quantitative estimate of drug-likeness (QED) is 0.164. The summed E-state index contributed by atoms with van der Waals surface area (Å²) in [5.41, 5.74) is 18.6. The highest BCUT2D eigenvalue weighted by molar-refractivity contribution is 7.26. The Morgan fingerprint density at radius 2 is 0.475 bits per heavy atom. The zero-order valence-electron chi connectivity index (χ0n) is 66.3. The molecule has 28 rings (SSSR count). The molecule has 0 unspecified atom stereocenters. The lowest BCUT2D eigenvalue weighted by Crippen LogP contribution is -2.21. The summed E-state index contributed by atoms with van der Waals surface area (Å²) in [6.07, 6.45) is 15.9. The fourth-order valence-corrected chi connectivity index (χ4v) is 24.0. The van der Waals surface area contributed by atoms with Gasteiger partial charge in [-0.25, -0.2) is 0 Å². The maximum Gasteiger partial charge on any atom is 0.0724 e. The molecule has 0 amide bonds. The van der Waals surface area contributed by atoms with Crippen LogP contribution in [0, 0.1) is 0 Å². The van der Waals surface area contributed by atoms with E-state index in [1.807, 2.05) is 72.2 Å². The van der Waals surface area contributed by atoms with Gasteiger partial charge >= 0.3 is 0 Å². The Kier molecular flexibility index (Phi) is 13.1. The normalized spacial score (nSPS) is 12.9. The van der Waals surface area contributed by atoms with Gasteiger partial charge in [-0.05, 0) is 240 Å². The van der Waals surface area contributed by atoms with Crippen LogP contribution >= 0.6 is 22.7 Å². The van der Waals surface area contributed by atoms with Crippen molar-refractivity contribution in [2.24, 2.45) is 0 Å². The van der Waals surface area contributed by atoms with Crippen molar-refractivity contribution in [3.8, 4) is 22.7 Å². The standard InChI is InChI=1S/C58H44N6.C50H26N4S2/c1-57(2,3)63-45-13-9-7-11-37(45)43-29-35(17-21-47(43)63)61-49-27-33-15-20-42-54-34(16-19-41(53(33)54)55(49)39-23-25-59-31-51(39)61)28-50-56(42)40-24-26-60-32-52(40)62(50)36-18-22-48-44(30-36)38-12-8-10-14-46(38)64(48)58(4,5)6;1-3-7-43-31(5-1)33-15-11-29(23-45(33)55-43)53-39-21-27-9-14-38-48-28(10-13-37(47(27)48)49(39)35-17-19-51-25-41(35)53)22-40-50(38)36-18-20-52-26-42(36)54(40)30-12-16-34-32-6-2-4-8-44(32)56-46(34)24-30/h7-32H,1-6H3;1-26H. The van der Waals surface area contributed by atoms with Crippen LogP contribution in [-0.4, -0.2) is 47.3 Å². The number of nitrogens with zero attached hydrogens (tertiary/aromatic N) is 10. The molecule has 0 aliphatic carbocycles. The van der Waals surface area contributed by atoms with E-state index in [0.29, 0.717) is 0 Å². The van der Waals surface area contributed by atoms with Gasteiger partial charge < -0.3 is 27.4 Å². The second-order valence-corrected chi connectivity index (χ2v) is 37.0. The number of benzene rings is 16. The molecule has 12 heteroatoms. The number of hydrogen-bond acceptors (Lipinski definition) is 6. The second-order valence-electron chi connectivity index (χ2n) is 34.8. The van der Waals surface area contributed by atoms with Crippen LogP contribution in [0.4, 0.5) is 0 Å². The number of thiophene rings is 2. The van der Waals surface area contributed by atoms with Crippen LogP contribution in [0.15, 0.2) is 316 Å². The van der Waals surface area contributed by atoms with Gasteiger partial charge in [-0.3, -0.25) is 19.9 Å². The summed E-state index contributed by atoms with van der Waals surface area (Å²) in [6.45, 7) is 13.7. The topological polar surface area (TPSA) is 81.1 Å². The van der Waals surface area contributed by atoms with E-state index < -0.39 is 0 Å². The van der Waals surface area contributed by atoms with Gasteiger partial charge in [0.15, 0.2) is 0 Å². The molecule has 0 aliphatic heterocycles. The van der Waals surface area contributed by atoms with Crippen LogP contribution in [0.2, 0.25) is 0 Å². The maximum absolute atomic E-state index is 4.71. The van der Waals surface area contributed by atoms with Gasteiger partial charge in [-0.1, -0.05) is 133 Å². The fraction of sp³-hybridized carbons (Fsp3) is 0.0741. The molecular weight excluding hydrogens is 1500 g/mol. The van der Waals surface area contributed by atoms with E-state index in [0.717, 1.165) is 44.8 Å². The third-order valence-corrected chi connectivity index (χ3v) is 28.6. The average Bonchev–Trinajstić information content (AvgIpc) is 1.62. The van der Waals surface area contributed by atoms with Crippen LogP contribution in [0.1, 0.15) is 41.5 Å². The average molecular weight is 1570 g/mol. The van der Waals surface area contributed by atoms with Crippen molar-refractivity contribution in [1.82, 2.24) is 47.3 Å². The van der Waals surface area contributed by atoms with Gasteiger partial charge in [-0.2, -0.15) is 0 Å². The molecule has 0 fully saturated rings. The molecule has 12 heterocycles. The Bertz CT molecular complexity index is 8880. The molecule has 0 aliphatic rings. The van der Waals surface area contributed by atoms with Crippen molar-refractivity contribution >= 4 is 258 Å². The molecule has 10 nitrogen and oxygen atoms in total. The van der Waals surface area contributed by atoms with E-state index in [1.54, 1.807) is 0 Å². The van der Waals surface area contributed by atoms with E-state index in [1.165, 1.54) is 214 Å². The van der Waals surface area contributed by atoms with Crippen LogP contribution in [0.5, 0.6) is 0 Å². The molecule has 0 bridgehead atoms. The van der Waals surface area contributed by atoms with Crippen molar-refractivity contribution in [2.75, 3.05) is 0 Å². The van der Waals surface area contributed by atoms with Crippen molar-refractivity contribution in [2.45, 2.75) is 52.6 Å². The van der Waals surface area contributed by atoms with Gasteiger partial charge in [0.1, 0.15) is 0 Å². The first-order valence-electron chi connectivity index (χ1n) is 41.3. The summed E-state index contributed by atoms with van der Waals surface area (Å²) in [5.74, 6) is 0. The number of aromatic nitrogens is 10. The second kappa shape index (κ2) is 23.6. The molecule has 0 atom stereocenters. The largest absolute Gasteiger partial charge is 0.335 e. The lowest BCUT2D eigenvalue weighted by molar-refractivity contribution is 0.423. The number of para-hydroxylation sites is 2. The summed E-state index contributed by atoms with van der Waals surface area (Å²) in [7, 11) is 0. The Morgan fingerprint density at radius 3 is 0.808 bits per heavy atom. The highest BCUT2D eigenvalue weighted by Crippen LogP contribution is 2.52. The minimum Gasteiger partial charge on any atom is -0.335 e. The van der Waals surface area contributed by atoms with Crippen molar-refractivity contribution in [1.29, 1.82) is 0 Å². The molecule has 0 radical (unpaired) electrons. The summed E-state index contributed by atoms with van der Waals surface area (Å²) in [5, 5.41) is 35.4. The van der Waals surface area contributed by atoms with Crippen LogP contribution in [-0.2, 0) is 11.1 Å². The highest BCUT2D eigenvalue weighted by atomic mass is 32.1. The van der Waals surface area contributed by atoms with Gasteiger partial charge in [0.2, 0.25) is 0 Å². The lowest BCUT2D eigenvalue weighted by atomic mass is 9.90. The van der Waals surface area contributed by atoms with E-state index >= 15 is 0 Å². The minimum absolute atomic E-state index is 0.0738. The zero-order chi connectivity index (χ0) is 79.2. The monoisotopic (exact) mass is 1570 g/mol. The maximum atomic E-state index is 4.71. The van der Waals surface area contributed by atoms with Crippen LogP contribution < -0.4 is 0 Å². The Hall–Kier alpha value is -14.6. The zero-order valence-corrected chi connectivity index (χ0v) is 67.9. The molecule has 12 aromatic heterocycles. The predicted octanol–water partition coefficient (Wildman–Crippen LogP) is 29.6. The number of pyridine rings is 4. The first-order chi connectivity index (χ1) is 58.8. The summed E-state index contributed by atoms with van der Waals surface area (Å²) >= 11 is 3.72. The van der Waals surface area contributed by atoms with E-state index in [4.69, 9.17) is 9.97 Å². The van der Waals surface area contributed by atoms with E-state index in [-0.39, 0.29) is 11.1 Å². The molecule has 120 heavy (non-hydrogen) atoms. The van der Waals surface area contributed by atoms with Gasteiger partial charge in [0, 0.05) is 186 Å². The lowest BCUT2D eigenvalue weighted by Gasteiger charge is -2.24. The molecule has 16 aromatic carbocycles. The van der Waals surface area contributed by atoms with Crippen LogP contribution in [0.3, 0.4) is 0 Å². The Balaban J connectivity index is 0.000000128. The Labute approximate surface area is 692 Å². The third kappa shape index (κ3) is 8.89. The van der Waals surface area contributed by atoms with Crippen molar-refractivity contribution in [3.63, 3.8) is 0 Å². The van der Waals surface area contributed by atoms with Crippen molar-refractivity contribution in [3.05, 3.63) is 316 Å².